The summed E-state index contributed by atoms with van der Waals surface area (Å²) in [6.07, 6.45) is 1.03. The maximum absolute atomic E-state index is 12.8. The molecule has 2 aromatic rings. The Morgan fingerprint density at radius 1 is 1.07 bits per heavy atom. The number of nitrogens with one attached hydrogen (secondary N) is 1. The van der Waals surface area contributed by atoms with Gasteiger partial charge in [0.2, 0.25) is 15.9 Å². The molecule has 152 valence electrons. The van der Waals surface area contributed by atoms with Crippen molar-refractivity contribution in [3.8, 4) is 5.75 Å². The van der Waals surface area contributed by atoms with Crippen LogP contribution in [0.15, 0.2) is 42.5 Å². The van der Waals surface area contributed by atoms with Crippen molar-refractivity contribution in [1.82, 2.24) is 5.32 Å². The van der Waals surface area contributed by atoms with Crippen molar-refractivity contribution in [2.75, 3.05) is 17.7 Å². The number of carbonyl (C=O) groups is 1. The average molecular weight is 445 g/mol. The minimum atomic E-state index is -3.75. The molecule has 2 aromatic carbocycles. The summed E-state index contributed by atoms with van der Waals surface area (Å²) in [6, 6.07) is 10.3. The highest BCUT2D eigenvalue weighted by molar-refractivity contribution is 7.92. The van der Waals surface area contributed by atoms with Crippen LogP contribution < -0.4 is 14.4 Å². The molecule has 0 aliphatic carbocycles. The van der Waals surface area contributed by atoms with E-state index in [2.05, 4.69) is 5.32 Å². The number of rotatable bonds is 7. The molecule has 6 nitrogen and oxygen atoms in total. The van der Waals surface area contributed by atoms with Crippen molar-refractivity contribution in [2.24, 2.45) is 0 Å². The fourth-order valence-corrected chi connectivity index (χ4v) is 4.20. The lowest BCUT2D eigenvalue weighted by molar-refractivity contribution is -0.122. The molecule has 0 heterocycles. The first-order valence-electron chi connectivity index (χ1n) is 8.43. The molecule has 2 atom stereocenters. The number of benzene rings is 2. The monoisotopic (exact) mass is 444 g/mol. The van der Waals surface area contributed by atoms with E-state index in [0.717, 1.165) is 16.1 Å². The van der Waals surface area contributed by atoms with E-state index in [4.69, 9.17) is 27.9 Å². The molecular weight excluding hydrogens is 423 g/mol. The maximum atomic E-state index is 12.8. The van der Waals surface area contributed by atoms with E-state index in [1.165, 1.54) is 25.1 Å². The van der Waals surface area contributed by atoms with Crippen LogP contribution in [0.5, 0.6) is 5.75 Å². The predicted octanol–water partition coefficient (Wildman–Crippen LogP) is 4.03. The number of anilines is 1. The summed E-state index contributed by atoms with van der Waals surface area (Å²) < 4.78 is 30.9. The molecule has 0 radical (unpaired) electrons. The minimum absolute atomic E-state index is 0.201. The number of carbonyl (C=O) groups excluding carboxylic acids is 1. The number of sulfonamides is 1. The summed E-state index contributed by atoms with van der Waals surface area (Å²) in [4.78, 5) is 12.8. The fourth-order valence-electron chi connectivity index (χ4n) is 2.74. The van der Waals surface area contributed by atoms with Gasteiger partial charge in [-0.05, 0) is 49.7 Å². The van der Waals surface area contributed by atoms with E-state index in [1.54, 1.807) is 19.2 Å². The Balaban J connectivity index is 2.24. The van der Waals surface area contributed by atoms with Crippen molar-refractivity contribution in [2.45, 2.75) is 25.9 Å². The van der Waals surface area contributed by atoms with Crippen molar-refractivity contribution in [3.63, 3.8) is 0 Å². The van der Waals surface area contributed by atoms with E-state index < -0.39 is 22.0 Å². The van der Waals surface area contributed by atoms with E-state index in [9.17, 15) is 13.2 Å². The molecule has 2 rings (SSSR count). The van der Waals surface area contributed by atoms with Crippen LogP contribution >= 0.6 is 23.2 Å². The third-order valence-corrected chi connectivity index (χ3v) is 6.20. The number of ether oxygens (including phenoxy) is 1. The molecule has 0 saturated heterocycles. The Hall–Kier alpha value is -1.96. The minimum Gasteiger partial charge on any atom is -0.497 e. The Labute approximate surface area is 175 Å². The summed E-state index contributed by atoms with van der Waals surface area (Å²) in [6.45, 7) is 3.33. The molecule has 0 bridgehead atoms. The van der Waals surface area contributed by atoms with E-state index >= 15 is 0 Å². The van der Waals surface area contributed by atoms with Gasteiger partial charge in [0.25, 0.3) is 0 Å². The largest absolute Gasteiger partial charge is 0.497 e. The standard InChI is InChI=1S/C19H22Cl2N2O4S/c1-12(14-5-8-16(27-3)9-6-14)22-19(24)13(2)23(28(4,25)26)15-7-10-17(20)18(21)11-15/h5-13H,1-4H3,(H,22,24)/t12-,13+/m0/s1. The van der Waals surface area contributed by atoms with Crippen LogP contribution in [-0.4, -0.2) is 33.7 Å². The van der Waals surface area contributed by atoms with Crippen LogP contribution in [0.4, 0.5) is 5.69 Å². The molecular formula is C19H22Cl2N2O4S. The zero-order valence-electron chi connectivity index (χ0n) is 15.9. The quantitative estimate of drug-likeness (QED) is 0.698. The van der Waals surface area contributed by atoms with Gasteiger partial charge in [-0.25, -0.2) is 8.42 Å². The van der Waals surface area contributed by atoms with Gasteiger partial charge < -0.3 is 10.1 Å². The molecule has 1 amide bonds. The van der Waals surface area contributed by atoms with Gasteiger partial charge in [-0.15, -0.1) is 0 Å². The van der Waals surface area contributed by atoms with Gasteiger partial charge >= 0.3 is 0 Å². The molecule has 1 N–H and O–H groups in total. The van der Waals surface area contributed by atoms with Crippen LogP contribution in [0.2, 0.25) is 10.0 Å². The van der Waals surface area contributed by atoms with Gasteiger partial charge in [0.05, 0.1) is 35.1 Å². The van der Waals surface area contributed by atoms with Gasteiger partial charge in [-0.3, -0.25) is 9.10 Å². The van der Waals surface area contributed by atoms with Gasteiger partial charge in [0, 0.05) is 0 Å². The van der Waals surface area contributed by atoms with Crippen molar-refractivity contribution < 1.29 is 17.9 Å². The third-order valence-electron chi connectivity index (χ3n) is 4.22. The SMILES string of the molecule is COc1ccc([C@H](C)NC(=O)[C@@H](C)N(c2ccc(Cl)c(Cl)c2)S(C)(=O)=O)cc1. The van der Waals surface area contributed by atoms with Gasteiger partial charge in [0.15, 0.2) is 0 Å². The molecule has 0 aromatic heterocycles. The smallest absolute Gasteiger partial charge is 0.244 e. The van der Waals surface area contributed by atoms with E-state index in [-0.39, 0.29) is 16.8 Å². The van der Waals surface area contributed by atoms with Crippen LogP contribution in [0, 0.1) is 0 Å². The molecule has 28 heavy (non-hydrogen) atoms. The van der Waals surface area contributed by atoms with Crippen molar-refractivity contribution in [3.05, 3.63) is 58.1 Å². The third kappa shape index (κ3) is 5.31. The van der Waals surface area contributed by atoms with E-state index in [1.807, 2.05) is 19.1 Å². The first-order chi connectivity index (χ1) is 13.0. The molecule has 0 saturated carbocycles. The maximum Gasteiger partial charge on any atom is 0.244 e. The summed E-state index contributed by atoms with van der Waals surface area (Å²) >= 11 is 11.9. The Morgan fingerprint density at radius 3 is 2.18 bits per heavy atom. The molecule has 9 heteroatoms. The van der Waals surface area contributed by atoms with E-state index in [0.29, 0.717) is 10.8 Å². The zero-order chi connectivity index (χ0) is 21.1. The first kappa shape index (κ1) is 22.3. The highest BCUT2D eigenvalue weighted by Crippen LogP contribution is 2.30. The zero-order valence-corrected chi connectivity index (χ0v) is 18.3. The molecule has 0 spiro atoms. The number of hydrogen-bond acceptors (Lipinski definition) is 4. The summed E-state index contributed by atoms with van der Waals surface area (Å²) in [5.74, 6) is 0.262. The van der Waals surface area contributed by atoms with Gasteiger partial charge in [0.1, 0.15) is 11.8 Å². The lowest BCUT2D eigenvalue weighted by atomic mass is 10.1. The Bertz CT molecular complexity index is 949. The number of hydrogen-bond donors (Lipinski definition) is 1. The second-order valence-electron chi connectivity index (χ2n) is 6.34. The number of halogens is 2. The molecule has 0 aliphatic rings. The highest BCUT2D eigenvalue weighted by atomic mass is 35.5. The predicted molar refractivity (Wildman–Crippen MR) is 113 cm³/mol. The highest BCUT2D eigenvalue weighted by Gasteiger charge is 2.30. The second-order valence-corrected chi connectivity index (χ2v) is 9.01. The normalized spacial score (nSPS) is 13.5. The van der Waals surface area contributed by atoms with Gasteiger partial charge in [-0.1, -0.05) is 35.3 Å². The van der Waals surface area contributed by atoms with Crippen molar-refractivity contribution >= 4 is 44.8 Å². The Kier molecular flexibility index (Phi) is 7.20. The Morgan fingerprint density at radius 2 is 1.68 bits per heavy atom. The van der Waals surface area contributed by atoms with Crippen LogP contribution in [0.25, 0.3) is 0 Å². The van der Waals surface area contributed by atoms with Crippen LogP contribution in [0.3, 0.4) is 0 Å². The number of amides is 1. The molecule has 0 aliphatic heterocycles. The molecule has 0 fully saturated rings. The fraction of sp³-hybridized carbons (Fsp3) is 0.316. The number of nitrogens with zero attached hydrogens (tertiary/aromatic N) is 1. The topological polar surface area (TPSA) is 75.7 Å². The lowest BCUT2D eigenvalue weighted by Crippen LogP contribution is -2.48. The summed E-state index contributed by atoms with van der Waals surface area (Å²) in [5, 5.41) is 3.33. The summed E-state index contributed by atoms with van der Waals surface area (Å²) in [5.41, 5.74) is 1.12. The average Bonchev–Trinajstić information content (AvgIpc) is 2.63. The summed E-state index contributed by atoms with van der Waals surface area (Å²) in [7, 11) is -2.17. The number of methoxy groups -OCH3 is 1. The van der Waals surface area contributed by atoms with Crippen molar-refractivity contribution in [1.29, 1.82) is 0 Å². The first-order valence-corrected chi connectivity index (χ1v) is 11.0. The molecule has 0 unspecified atom stereocenters. The van der Waals surface area contributed by atoms with Crippen LogP contribution in [-0.2, 0) is 14.8 Å². The lowest BCUT2D eigenvalue weighted by Gasteiger charge is -2.29. The second kappa shape index (κ2) is 9.03. The van der Waals surface area contributed by atoms with Gasteiger partial charge in [-0.2, -0.15) is 0 Å². The van der Waals surface area contributed by atoms with Crippen LogP contribution in [0.1, 0.15) is 25.5 Å².